The van der Waals surface area contributed by atoms with Crippen LogP contribution in [0.1, 0.15) is 18.7 Å². The molecule has 0 aromatic carbocycles. The Balaban J connectivity index is 2.01. The molecule has 2 N–H and O–H groups in total. The first-order chi connectivity index (χ1) is 8.69. The minimum absolute atomic E-state index is 0.0441. The van der Waals surface area contributed by atoms with Crippen LogP contribution in [0.5, 0.6) is 0 Å². The van der Waals surface area contributed by atoms with Crippen LogP contribution in [-0.4, -0.2) is 26.5 Å². The number of aromatic nitrogens is 3. The van der Waals surface area contributed by atoms with Crippen molar-refractivity contribution >= 4 is 5.69 Å². The maximum absolute atomic E-state index is 12.7. The summed E-state index contributed by atoms with van der Waals surface area (Å²) in [7, 11) is 0. The lowest BCUT2D eigenvalue weighted by molar-refractivity contribution is 0.269. The molecule has 6 heteroatoms. The molecule has 2 aromatic rings. The van der Waals surface area contributed by atoms with E-state index in [1.165, 1.54) is 12.3 Å². The Morgan fingerprint density at radius 1 is 1.44 bits per heavy atom. The average molecular weight is 250 g/mol. The SMILES string of the molecule is CC(Nc1cnn(CCO)c1)c1ccc(F)cn1. The van der Waals surface area contributed by atoms with E-state index in [1.807, 2.05) is 6.92 Å². The van der Waals surface area contributed by atoms with Crippen LogP contribution in [0.25, 0.3) is 0 Å². The monoisotopic (exact) mass is 250 g/mol. The van der Waals surface area contributed by atoms with E-state index in [1.54, 1.807) is 23.1 Å². The number of nitrogens with zero attached hydrogens (tertiary/aromatic N) is 3. The lowest BCUT2D eigenvalue weighted by atomic mass is 10.2. The molecule has 2 heterocycles. The summed E-state index contributed by atoms with van der Waals surface area (Å²) < 4.78 is 14.4. The van der Waals surface area contributed by atoms with Gasteiger partial charge in [0.1, 0.15) is 5.82 Å². The van der Waals surface area contributed by atoms with Gasteiger partial charge in [-0.05, 0) is 19.1 Å². The Kier molecular flexibility index (Phi) is 3.88. The molecular formula is C12H15FN4O. The fourth-order valence-corrected chi connectivity index (χ4v) is 1.63. The fourth-order valence-electron chi connectivity index (χ4n) is 1.63. The van der Waals surface area contributed by atoms with Gasteiger partial charge in [-0.1, -0.05) is 0 Å². The molecule has 0 saturated heterocycles. The van der Waals surface area contributed by atoms with E-state index in [4.69, 9.17) is 5.11 Å². The first kappa shape index (κ1) is 12.5. The van der Waals surface area contributed by atoms with Gasteiger partial charge in [-0.15, -0.1) is 0 Å². The molecule has 0 fully saturated rings. The number of hydrogen-bond acceptors (Lipinski definition) is 4. The van der Waals surface area contributed by atoms with Gasteiger partial charge in [0.25, 0.3) is 0 Å². The van der Waals surface area contributed by atoms with Crippen molar-refractivity contribution in [1.82, 2.24) is 14.8 Å². The van der Waals surface area contributed by atoms with Crippen molar-refractivity contribution in [3.8, 4) is 0 Å². The summed E-state index contributed by atoms with van der Waals surface area (Å²) in [6.07, 6.45) is 4.68. The average Bonchev–Trinajstić information content (AvgIpc) is 2.78. The van der Waals surface area contributed by atoms with Gasteiger partial charge in [0.05, 0.1) is 43.0 Å². The van der Waals surface area contributed by atoms with E-state index in [0.29, 0.717) is 6.54 Å². The molecular weight excluding hydrogens is 235 g/mol. The van der Waals surface area contributed by atoms with E-state index in [0.717, 1.165) is 11.4 Å². The highest BCUT2D eigenvalue weighted by atomic mass is 19.1. The molecule has 0 amide bonds. The van der Waals surface area contributed by atoms with E-state index in [9.17, 15) is 4.39 Å². The normalized spacial score (nSPS) is 12.4. The molecule has 5 nitrogen and oxygen atoms in total. The standard InChI is InChI=1S/C12H15FN4O/c1-9(12-3-2-10(13)6-14-12)16-11-7-15-17(8-11)4-5-18/h2-3,6-9,16,18H,4-5H2,1H3. The molecule has 0 saturated carbocycles. The maximum atomic E-state index is 12.7. The quantitative estimate of drug-likeness (QED) is 0.845. The number of halogens is 1. The molecule has 0 bridgehead atoms. The van der Waals surface area contributed by atoms with Gasteiger partial charge in [0, 0.05) is 6.20 Å². The minimum Gasteiger partial charge on any atom is -0.394 e. The summed E-state index contributed by atoms with van der Waals surface area (Å²) in [6, 6.07) is 2.98. The topological polar surface area (TPSA) is 63.0 Å². The van der Waals surface area contributed by atoms with Crippen molar-refractivity contribution in [3.05, 3.63) is 42.2 Å². The Morgan fingerprint density at radius 3 is 2.94 bits per heavy atom. The fraction of sp³-hybridized carbons (Fsp3) is 0.333. The minimum atomic E-state index is -0.346. The second-order valence-corrected chi connectivity index (χ2v) is 3.98. The number of pyridine rings is 1. The van der Waals surface area contributed by atoms with Crippen LogP contribution in [0.3, 0.4) is 0 Å². The van der Waals surface area contributed by atoms with Crippen LogP contribution in [0, 0.1) is 5.82 Å². The highest BCUT2D eigenvalue weighted by Gasteiger charge is 2.08. The van der Waals surface area contributed by atoms with Crippen LogP contribution in [0.15, 0.2) is 30.7 Å². The molecule has 0 aliphatic rings. The smallest absolute Gasteiger partial charge is 0.141 e. The number of aliphatic hydroxyl groups excluding tert-OH is 1. The predicted molar refractivity (Wildman–Crippen MR) is 65.5 cm³/mol. The molecule has 0 aliphatic heterocycles. The van der Waals surface area contributed by atoms with E-state index in [-0.39, 0.29) is 18.5 Å². The van der Waals surface area contributed by atoms with Crippen molar-refractivity contribution in [1.29, 1.82) is 0 Å². The summed E-state index contributed by atoms with van der Waals surface area (Å²) in [5.74, 6) is -0.346. The van der Waals surface area contributed by atoms with Crippen LogP contribution in [0.4, 0.5) is 10.1 Å². The molecule has 0 spiro atoms. The second kappa shape index (κ2) is 5.59. The molecule has 1 atom stereocenters. The Morgan fingerprint density at radius 2 is 2.28 bits per heavy atom. The predicted octanol–water partition coefficient (Wildman–Crippen LogP) is 1.58. The summed E-state index contributed by atoms with van der Waals surface area (Å²) >= 11 is 0. The van der Waals surface area contributed by atoms with Crippen LogP contribution in [-0.2, 0) is 6.54 Å². The lowest BCUT2D eigenvalue weighted by Crippen LogP contribution is -2.08. The summed E-state index contributed by atoms with van der Waals surface area (Å²) in [4.78, 5) is 4.01. The van der Waals surface area contributed by atoms with Crippen LogP contribution in [0.2, 0.25) is 0 Å². The first-order valence-corrected chi connectivity index (χ1v) is 5.70. The van der Waals surface area contributed by atoms with Crippen molar-refractivity contribution in [2.75, 3.05) is 11.9 Å². The van der Waals surface area contributed by atoms with Crippen molar-refractivity contribution in [3.63, 3.8) is 0 Å². The lowest BCUT2D eigenvalue weighted by Gasteiger charge is -2.12. The zero-order chi connectivity index (χ0) is 13.0. The number of anilines is 1. The highest BCUT2D eigenvalue weighted by molar-refractivity contribution is 5.40. The Labute approximate surface area is 104 Å². The molecule has 2 aromatic heterocycles. The van der Waals surface area contributed by atoms with Crippen molar-refractivity contribution in [2.24, 2.45) is 0 Å². The maximum Gasteiger partial charge on any atom is 0.141 e. The second-order valence-electron chi connectivity index (χ2n) is 3.98. The number of aliphatic hydroxyl groups is 1. The van der Waals surface area contributed by atoms with Gasteiger partial charge >= 0.3 is 0 Å². The third kappa shape index (κ3) is 3.04. The zero-order valence-corrected chi connectivity index (χ0v) is 10.0. The Hall–Kier alpha value is -1.95. The van der Waals surface area contributed by atoms with Gasteiger partial charge in [0.15, 0.2) is 0 Å². The molecule has 18 heavy (non-hydrogen) atoms. The highest BCUT2D eigenvalue weighted by Crippen LogP contribution is 2.16. The van der Waals surface area contributed by atoms with Crippen molar-refractivity contribution < 1.29 is 9.50 Å². The first-order valence-electron chi connectivity index (χ1n) is 5.70. The van der Waals surface area contributed by atoms with E-state index in [2.05, 4.69) is 15.4 Å². The zero-order valence-electron chi connectivity index (χ0n) is 10.0. The Bertz CT molecular complexity index is 497. The molecule has 1 unspecified atom stereocenters. The van der Waals surface area contributed by atoms with Gasteiger partial charge in [-0.2, -0.15) is 5.10 Å². The molecule has 0 radical (unpaired) electrons. The van der Waals surface area contributed by atoms with Crippen LogP contribution < -0.4 is 5.32 Å². The summed E-state index contributed by atoms with van der Waals surface area (Å²) in [6.45, 7) is 2.45. The third-order valence-corrected chi connectivity index (χ3v) is 2.54. The third-order valence-electron chi connectivity index (χ3n) is 2.54. The van der Waals surface area contributed by atoms with Gasteiger partial charge < -0.3 is 10.4 Å². The molecule has 96 valence electrons. The number of nitrogens with one attached hydrogen (secondary N) is 1. The molecule has 2 rings (SSSR count). The summed E-state index contributed by atoms with van der Waals surface area (Å²) in [5, 5.41) is 16.1. The molecule has 0 aliphatic carbocycles. The van der Waals surface area contributed by atoms with Crippen LogP contribution >= 0.6 is 0 Å². The van der Waals surface area contributed by atoms with Gasteiger partial charge in [-0.25, -0.2) is 4.39 Å². The van der Waals surface area contributed by atoms with E-state index >= 15 is 0 Å². The number of hydrogen-bond donors (Lipinski definition) is 2. The van der Waals surface area contributed by atoms with Gasteiger partial charge in [-0.3, -0.25) is 9.67 Å². The van der Waals surface area contributed by atoms with E-state index < -0.39 is 0 Å². The largest absolute Gasteiger partial charge is 0.394 e. The van der Waals surface area contributed by atoms with Gasteiger partial charge in [0.2, 0.25) is 0 Å². The number of rotatable bonds is 5. The van der Waals surface area contributed by atoms with Crippen molar-refractivity contribution in [2.45, 2.75) is 19.5 Å². The summed E-state index contributed by atoms with van der Waals surface area (Å²) in [5.41, 5.74) is 1.59.